The van der Waals surface area contributed by atoms with Gasteiger partial charge in [0.1, 0.15) is 12.4 Å². The minimum Gasteiger partial charge on any atom is -0.491 e. The predicted octanol–water partition coefficient (Wildman–Crippen LogP) is 2.75. The molecule has 4 heteroatoms. The average Bonchev–Trinajstić information content (AvgIpc) is 2.46. The number of benzene rings is 1. The van der Waals surface area contributed by atoms with Gasteiger partial charge in [-0.2, -0.15) is 5.26 Å². The van der Waals surface area contributed by atoms with Crippen molar-refractivity contribution in [2.75, 3.05) is 26.2 Å². The summed E-state index contributed by atoms with van der Waals surface area (Å²) in [7, 11) is 0. The van der Waals surface area contributed by atoms with Crippen molar-refractivity contribution < 1.29 is 9.53 Å². The van der Waals surface area contributed by atoms with Crippen LogP contribution >= 0.6 is 0 Å². The maximum Gasteiger partial charge on any atom is 0.163 e. The molecule has 0 radical (unpaired) electrons. The van der Waals surface area contributed by atoms with Crippen molar-refractivity contribution in [3.8, 4) is 11.8 Å². The van der Waals surface area contributed by atoms with E-state index in [4.69, 9.17) is 10.00 Å². The molecule has 0 fully saturated rings. The van der Waals surface area contributed by atoms with Crippen molar-refractivity contribution in [3.05, 3.63) is 29.8 Å². The number of ketones is 1. The summed E-state index contributed by atoms with van der Waals surface area (Å²) in [6.07, 6.45) is 0. The first kappa shape index (κ1) is 16.2. The highest BCUT2D eigenvalue weighted by Crippen LogP contribution is 2.18. The Balaban J connectivity index is 2.51. The fourth-order valence-electron chi connectivity index (χ4n) is 1.97. The third-order valence-electron chi connectivity index (χ3n) is 3.13. The first-order chi connectivity index (χ1) is 9.58. The molecule has 1 unspecified atom stereocenters. The van der Waals surface area contributed by atoms with E-state index in [1.165, 1.54) is 6.92 Å². The van der Waals surface area contributed by atoms with Gasteiger partial charge in [0.15, 0.2) is 5.78 Å². The second-order valence-electron chi connectivity index (χ2n) is 4.82. The molecule has 0 heterocycles. The van der Waals surface area contributed by atoms with Crippen LogP contribution in [0, 0.1) is 17.2 Å². The summed E-state index contributed by atoms with van der Waals surface area (Å²) >= 11 is 0. The van der Waals surface area contributed by atoms with E-state index in [1.807, 2.05) is 25.1 Å². The lowest BCUT2D eigenvalue weighted by molar-refractivity contribution is 0.101. The molecule has 0 bridgehead atoms. The summed E-state index contributed by atoms with van der Waals surface area (Å²) in [5.74, 6) is 0.648. The van der Waals surface area contributed by atoms with Crippen LogP contribution in [0.5, 0.6) is 5.75 Å². The van der Waals surface area contributed by atoms with Crippen LogP contribution in [0.15, 0.2) is 24.3 Å². The van der Waals surface area contributed by atoms with E-state index in [0.717, 1.165) is 19.6 Å². The summed E-state index contributed by atoms with van der Waals surface area (Å²) in [5.41, 5.74) is 0.612. The highest BCUT2D eigenvalue weighted by Gasteiger charge is 2.10. The lowest BCUT2D eigenvalue weighted by Crippen LogP contribution is -2.32. The molecular weight excluding hydrogens is 252 g/mol. The van der Waals surface area contributed by atoms with Gasteiger partial charge in [-0.25, -0.2) is 0 Å². The summed E-state index contributed by atoms with van der Waals surface area (Å²) in [6.45, 7) is 8.39. The normalized spacial score (nSPS) is 11.9. The van der Waals surface area contributed by atoms with Crippen molar-refractivity contribution in [2.45, 2.75) is 20.8 Å². The number of nitrogens with zero attached hydrogens (tertiary/aromatic N) is 2. The number of hydrogen-bond donors (Lipinski definition) is 0. The number of hydrogen-bond acceptors (Lipinski definition) is 4. The topological polar surface area (TPSA) is 53.3 Å². The van der Waals surface area contributed by atoms with Crippen LogP contribution in [0.4, 0.5) is 0 Å². The molecule has 0 aromatic heterocycles. The van der Waals surface area contributed by atoms with Crippen LogP contribution in [0.1, 0.15) is 31.1 Å². The Bertz CT molecular complexity index is 480. The van der Waals surface area contributed by atoms with Crippen molar-refractivity contribution in [1.82, 2.24) is 4.90 Å². The van der Waals surface area contributed by atoms with Gasteiger partial charge < -0.3 is 4.74 Å². The fraction of sp³-hybridized carbons (Fsp3) is 0.500. The van der Waals surface area contributed by atoms with Crippen molar-refractivity contribution in [3.63, 3.8) is 0 Å². The number of rotatable bonds is 8. The second-order valence-corrected chi connectivity index (χ2v) is 4.82. The van der Waals surface area contributed by atoms with Gasteiger partial charge in [-0.1, -0.05) is 19.1 Å². The molecular formula is C16H22N2O2. The van der Waals surface area contributed by atoms with Crippen LogP contribution in [-0.2, 0) is 0 Å². The molecule has 0 spiro atoms. The third-order valence-corrected chi connectivity index (χ3v) is 3.13. The largest absolute Gasteiger partial charge is 0.491 e. The quantitative estimate of drug-likeness (QED) is 0.684. The van der Waals surface area contributed by atoms with E-state index in [-0.39, 0.29) is 11.7 Å². The van der Waals surface area contributed by atoms with Gasteiger partial charge in [-0.3, -0.25) is 9.69 Å². The molecule has 1 atom stereocenters. The molecule has 0 aliphatic heterocycles. The molecule has 4 nitrogen and oxygen atoms in total. The van der Waals surface area contributed by atoms with Crippen LogP contribution in [0.2, 0.25) is 0 Å². The van der Waals surface area contributed by atoms with Crippen molar-refractivity contribution >= 4 is 5.78 Å². The summed E-state index contributed by atoms with van der Waals surface area (Å²) in [5, 5.41) is 8.83. The monoisotopic (exact) mass is 274 g/mol. The Morgan fingerprint density at radius 2 is 2.15 bits per heavy atom. The number of likely N-dealkylation sites (N-methyl/N-ethyl adjacent to an activating group) is 1. The van der Waals surface area contributed by atoms with Gasteiger partial charge in [0.2, 0.25) is 0 Å². The molecule has 0 saturated carbocycles. The maximum atomic E-state index is 11.5. The SMILES string of the molecule is CCN(CCOc1ccccc1C(C)=O)CC(C)C#N. The number of ether oxygens (including phenoxy) is 1. The average molecular weight is 274 g/mol. The standard InChI is InChI=1S/C16H22N2O2/c1-4-18(12-13(2)11-17)9-10-20-16-8-6-5-7-15(16)14(3)19/h5-8,13H,4,9-10,12H2,1-3H3. The Morgan fingerprint density at radius 1 is 1.45 bits per heavy atom. The second kappa shape index (κ2) is 8.34. The highest BCUT2D eigenvalue weighted by molar-refractivity contribution is 5.96. The van der Waals surface area contributed by atoms with Crippen molar-refractivity contribution in [1.29, 1.82) is 5.26 Å². The highest BCUT2D eigenvalue weighted by atomic mass is 16.5. The molecule has 0 amide bonds. The van der Waals surface area contributed by atoms with E-state index in [0.29, 0.717) is 17.9 Å². The molecule has 108 valence electrons. The molecule has 1 rings (SSSR count). The van der Waals surface area contributed by atoms with E-state index in [9.17, 15) is 4.79 Å². The Kier molecular flexibility index (Phi) is 6.75. The van der Waals surface area contributed by atoms with Crippen LogP contribution in [0.3, 0.4) is 0 Å². The van der Waals surface area contributed by atoms with Gasteiger partial charge in [0.05, 0.1) is 17.6 Å². The maximum absolute atomic E-state index is 11.5. The minimum atomic E-state index is 0.00560. The first-order valence-electron chi connectivity index (χ1n) is 6.93. The lowest BCUT2D eigenvalue weighted by Gasteiger charge is -2.21. The third kappa shape index (κ3) is 5.02. The Morgan fingerprint density at radius 3 is 2.75 bits per heavy atom. The van der Waals surface area contributed by atoms with Crippen LogP contribution in [-0.4, -0.2) is 36.9 Å². The van der Waals surface area contributed by atoms with Crippen LogP contribution < -0.4 is 4.74 Å². The number of nitriles is 1. The van der Waals surface area contributed by atoms with Gasteiger partial charge in [0, 0.05) is 13.1 Å². The molecule has 20 heavy (non-hydrogen) atoms. The minimum absolute atomic E-state index is 0.00560. The molecule has 1 aromatic carbocycles. The number of carbonyl (C=O) groups excluding carboxylic acids is 1. The fourth-order valence-corrected chi connectivity index (χ4v) is 1.97. The summed E-state index contributed by atoms with van der Waals surface area (Å²) < 4.78 is 5.70. The van der Waals surface area contributed by atoms with Gasteiger partial charge in [0.25, 0.3) is 0 Å². The van der Waals surface area contributed by atoms with E-state index in [2.05, 4.69) is 17.9 Å². The predicted molar refractivity (Wildman–Crippen MR) is 78.8 cm³/mol. The van der Waals surface area contributed by atoms with Gasteiger partial charge >= 0.3 is 0 Å². The number of Topliss-reactive ketones (excluding diaryl/α,β-unsaturated/α-hetero) is 1. The zero-order valence-electron chi connectivity index (χ0n) is 12.4. The van der Waals surface area contributed by atoms with Gasteiger partial charge in [-0.05, 0) is 32.5 Å². The molecule has 0 saturated heterocycles. The number of para-hydroxylation sites is 1. The van der Waals surface area contributed by atoms with Crippen LogP contribution in [0.25, 0.3) is 0 Å². The lowest BCUT2D eigenvalue weighted by atomic mass is 10.1. The van der Waals surface area contributed by atoms with E-state index >= 15 is 0 Å². The van der Waals surface area contributed by atoms with Gasteiger partial charge in [-0.15, -0.1) is 0 Å². The van der Waals surface area contributed by atoms with Crippen molar-refractivity contribution in [2.24, 2.45) is 5.92 Å². The number of carbonyl (C=O) groups is 1. The molecule has 0 N–H and O–H groups in total. The molecule has 1 aromatic rings. The zero-order chi connectivity index (χ0) is 15.0. The Labute approximate surface area is 121 Å². The Hall–Kier alpha value is -1.86. The first-order valence-corrected chi connectivity index (χ1v) is 6.93. The summed E-state index contributed by atoms with van der Waals surface area (Å²) in [6, 6.07) is 9.50. The summed E-state index contributed by atoms with van der Waals surface area (Å²) in [4.78, 5) is 13.6. The van der Waals surface area contributed by atoms with E-state index in [1.54, 1.807) is 6.07 Å². The molecule has 0 aliphatic carbocycles. The van der Waals surface area contributed by atoms with E-state index < -0.39 is 0 Å². The smallest absolute Gasteiger partial charge is 0.163 e. The zero-order valence-corrected chi connectivity index (χ0v) is 12.4. The molecule has 0 aliphatic rings.